The quantitative estimate of drug-likeness (QED) is 0.590. The molecule has 2 amide bonds. The second-order valence-electron chi connectivity index (χ2n) is 4.74. The summed E-state index contributed by atoms with van der Waals surface area (Å²) in [5.74, 6) is -0.0318. The molecule has 1 rings (SSSR count). The Morgan fingerprint density at radius 1 is 1.23 bits per heavy atom. The van der Waals surface area contributed by atoms with Gasteiger partial charge < -0.3 is 14.8 Å². The van der Waals surface area contributed by atoms with Crippen molar-refractivity contribution >= 4 is 23.2 Å². The van der Waals surface area contributed by atoms with Crippen LogP contribution in [0.15, 0.2) is 23.3 Å². The van der Waals surface area contributed by atoms with Gasteiger partial charge in [-0.25, -0.2) is 5.43 Å². The van der Waals surface area contributed by atoms with Gasteiger partial charge in [-0.05, 0) is 31.5 Å². The molecule has 0 saturated heterocycles. The van der Waals surface area contributed by atoms with Crippen molar-refractivity contribution in [2.24, 2.45) is 5.10 Å². The van der Waals surface area contributed by atoms with Crippen LogP contribution in [0.25, 0.3) is 0 Å². The molecule has 120 valence electrons. The van der Waals surface area contributed by atoms with E-state index in [-0.39, 0.29) is 24.8 Å². The normalized spacial score (nSPS) is 11.0. The molecule has 0 aliphatic rings. The lowest BCUT2D eigenvalue weighted by Crippen LogP contribution is -2.24. The van der Waals surface area contributed by atoms with Gasteiger partial charge in [-0.2, -0.15) is 5.10 Å². The summed E-state index contributed by atoms with van der Waals surface area (Å²) in [7, 11) is 2.96. The van der Waals surface area contributed by atoms with Crippen molar-refractivity contribution in [1.82, 2.24) is 5.43 Å². The van der Waals surface area contributed by atoms with E-state index in [0.717, 1.165) is 5.56 Å². The van der Waals surface area contributed by atoms with Gasteiger partial charge in [0.05, 0.1) is 19.2 Å². The van der Waals surface area contributed by atoms with Gasteiger partial charge >= 0.3 is 0 Å². The second kappa shape index (κ2) is 8.78. The van der Waals surface area contributed by atoms with Crippen LogP contribution in [0.1, 0.15) is 18.9 Å². The first-order valence-corrected chi connectivity index (χ1v) is 6.71. The van der Waals surface area contributed by atoms with Crippen LogP contribution in [-0.4, -0.2) is 38.4 Å². The first-order chi connectivity index (χ1) is 10.5. The maximum atomic E-state index is 12.0. The van der Waals surface area contributed by atoms with Crippen molar-refractivity contribution in [2.45, 2.75) is 20.3 Å². The number of ether oxygens (including phenoxy) is 2. The van der Waals surface area contributed by atoms with E-state index in [4.69, 9.17) is 4.74 Å². The maximum Gasteiger partial charge on any atom is 0.266 e. The Morgan fingerprint density at radius 2 is 1.95 bits per heavy atom. The number of rotatable bonds is 7. The largest absolute Gasteiger partial charge is 0.495 e. The Morgan fingerprint density at radius 3 is 2.59 bits per heavy atom. The van der Waals surface area contributed by atoms with Crippen LogP contribution in [0.2, 0.25) is 0 Å². The van der Waals surface area contributed by atoms with Gasteiger partial charge in [-0.1, -0.05) is 6.07 Å². The van der Waals surface area contributed by atoms with E-state index in [2.05, 4.69) is 20.6 Å². The maximum absolute atomic E-state index is 12.0. The van der Waals surface area contributed by atoms with Crippen molar-refractivity contribution < 1.29 is 19.1 Å². The average molecular weight is 307 g/mol. The number of benzene rings is 1. The van der Waals surface area contributed by atoms with Gasteiger partial charge in [0.15, 0.2) is 0 Å². The Labute approximate surface area is 129 Å². The minimum Gasteiger partial charge on any atom is -0.495 e. The fourth-order valence-corrected chi connectivity index (χ4v) is 1.71. The predicted molar refractivity (Wildman–Crippen MR) is 84.1 cm³/mol. The number of hydrogen-bond donors (Lipinski definition) is 2. The monoisotopic (exact) mass is 307 g/mol. The van der Waals surface area contributed by atoms with E-state index in [1.807, 2.05) is 19.1 Å². The highest BCUT2D eigenvalue weighted by molar-refractivity contribution is 6.06. The number of anilines is 1. The molecule has 0 aliphatic carbocycles. The van der Waals surface area contributed by atoms with E-state index in [1.54, 1.807) is 20.1 Å². The van der Waals surface area contributed by atoms with Crippen LogP contribution in [0.3, 0.4) is 0 Å². The standard InChI is InChI=1S/C15H21N3O4/c1-10-5-6-13(22-4)12(7-10)16-14(19)8-11(2)17-18-15(20)9-21-3/h5-7H,8-9H2,1-4H3,(H,16,19)(H,18,20)/b17-11-. The second-order valence-corrected chi connectivity index (χ2v) is 4.74. The fourth-order valence-electron chi connectivity index (χ4n) is 1.71. The molecule has 1 aromatic carbocycles. The first-order valence-electron chi connectivity index (χ1n) is 6.71. The molecule has 7 nitrogen and oxygen atoms in total. The highest BCUT2D eigenvalue weighted by Crippen LogP contribution is 2.25. The number of aryl methyl sites for hydroxylation is 1. The van der Waals surface area contributed by atoms with Crippen LogP contribution in [0, 0.1) is 6.92 Å². The molecule has 0 aromatic heterocycles. The number of hydrogen-bond acceptors (Lipinski definition) is 5. The number of amides is 2. The smallest absolute Gasteiger partial charge is 0.266 e. The van der Waals surface area contributed by atoms with Gasteiger partial charge in [0.1, 0.15) is 12.4 Å². The summed E-state index contributed by atoms with van der Waals surface area (Å²) < 4.78 is 9.85. The molecule has 0 fully saturated rings. The lowest BCUT2D eigenvalue weighted by atomic mass is 10.2. The van der Waals surface area contributed by atoms with Gasteiger partial charge in [0.25, 0.3) is 5.91 Å². The predicted octanol–water partition coefficient (Wildman–Crippen LogP) is 1.47. The molecular formula is C15H21N3O4. The van der Waals surface area contributed by atoms with Crippen molar-refractivity contribution in [3.63, 3.8) is 0 Å². The number of nitrogens with zero attached hydrogens (tertiary/aromatic N) is 1. The summed E-state index contributed by atoms with van der Waals surface area (Å²) in [5, 5.41) is 6.59. The van der Waals surface area contributed by atoms with Crippen molar-refractivity contribution in [1.29, 1.82) is 0 Å². The van der Waals surface area contributed by atoms with Crippen LogP contribution in [-0.2, 0) is 14.3 Å². The Balaban J connectivity index is 2.61. The number of methoxy groups -OCH3 is 2. The minimum atomic E-state index is -0.373. The van der Waals surface area contributed by atoms with E-state index in [9.17, 15) is 9.59 Å². The van der Waals surface area contributed by atoms with E-state index in [0.29, 0.717) is 17.1 Å². The van der Waals surface area contributed by atoms with Crippen molar-refractivity contribution in [3.05, 3.63) is 23.8 Å². The van der Waals surface area contributed by atoms with E-state index in [1.165, 1.54) is 7.11 Å². The molecule has 22 heavy (non-hydrogen) atoms. The summed E-state index contributed by atoms with van der Waals surface area (Å²) in [5.41, 5.74) is 4.39. The van der Waals surface area contributed by atoms with E-state index >= 15 is 0 Å². The number of carbonyl (C=O) groups is 2. The van der Waals surface area contributed by atoms with Crippen LogP contribution in [0.5, 0.6) is 5.75 Å². The van der Waals surface area contributed by atoms with E-state index < -0.39 is 0 Å². The van der Waals surface area contributed by atoms with Gasteiger partial charge in [0.2, 0.25) is 5.91 Å². The number of nitrogens with one attached hydrogen (secondary N) is 2. The molecule has 0 heterocycles. The number of carbonyl (C=O) groups excluding carboxylic acids is 2. The molecular weight excluding hydrogens is 286 g/mol. The first kappa shape index (κ1) is 17.6. The van der Waals surface area contributed by atoms with Crippen LogP contribution in [0.4, 0.5) is 5.69 Å². The number of hydrazone groups is 1. The molecule has 0 unspecified atom stereocenters. The summed E-state index contributed by atoms with van der Waals surface area (Å²) in [6, 6.07) is 5.51. The molecule has 7 heteroatoms. The Hall–Kier alpha value is -2.41. The molecule has 1 aromatic rings. The molecule has 0 spiro atoms. The lowest BCUT2D eigenvalue weighted by Gasteiger charge is -2.11. The molecule has 0 atom stereocenters. The van der Waals surface area contributed by atoms with Gasteiger partial charge in [0, 0.05) is 12.8 Å². The third kappa shape index (κ3) is 5.92. The van der Waals surface area contributed by atoms with Crippen molar-refractivity contribution in [3.8, 4) is 5.75 Å². The zero-order chi connectivity index (χ0) is 16.5. The highest BCUT2D eigenvalue weighted by atomic mass is 16.5. The summed E-state index contributed by atoms with van der Waals surface area (Å²) in [4.78, 5) is 23.2. The zero-order valence-corrected chi connectivity index (χ0v) is 13.2. The third-order valence-corrected chi connectivity index (χ3v) is 2.69. The third-order valence-electron chi connectivity index (χ3n) is 2.69. The van der Waals surface area contributed by atoms with Gasteiger partial charge in [-0.3, -0.25) is 9.59 Å². The molecule has 0 radical (unpaired) electrons. The SMILES string of the molecule is COCC(=O)N/N=C(/C)CC(=O)Nc1cc(C)ccc1OC. The average Bonchev–Trinajstić information content (AvgIpc) is 2.45. The fraction of sp³-hybridized carbons (Fsp3) is 0.400. The molecule has 0 aliphatic heterocycles. The van der Waals surface area contributed by atoms with Gasteiger partial charge in [-0.15, -0.1) is 0 Å². The molecule has 2 N–H and O–H groups in total. The Kier molecular flexibility index (Phi) is 7.04. The topological polar surface area (TPSA) is 89.0 Å². The summed E-state index contributed by atoms with van der Waals surface area (Å²) in [6.07, 6.45) is 0.0599. The molecule has 0 saturated carbocycles. The molecule has 0 bridgehead atoms. The highest BCUT2D eigenvalue weighted by Gasteiger charge is 2.09. The lowest BCUT2D eigenvalue weighted by molar-refractivity contribution is -0.124. The summed E-state index contributed by atoms with van der Waals surface area (Å²) in [6.45, 7) is 3.50. The van der Waals surface area contributed by atoms with Crippen LogP contribution < -0.4 is 15.5 Å². The van der Waals surface area contributed by atoms with Crippen LogP contribution >= 0.6 is 0 Å². The minimum absolute atomic E-state index is 0.0599. The van der Waals surface area contributed by atoms with Crippen molar-refractivity contribution in [2.75, 3.05) is 26.1 Å². The zero-order valence-electron chi connectivity index (χ0n) is 13.2. The summed E-state index contributed by atoms with van der Waals surface area (Å²) >= 11 is 0. The Bertz CT molecular complexity index is 570.